The molecule has 2 aromatic carbocycles. The number of carboxylic acids is 1. The van der Waals surface area contributed by atoms with Crippen LogP contribution in [0.5, 0.6) is 0 Å². The van der Waals surface area contributed by atoms with Gasteiger partial charge in [0.2, 0.25) is 5.91 Å². The van der Waals surface area contributed by atoms with E-state index in [0.717, 1.165) is 36.8 Å². The van der Waals surface area contributed by atoms with Gasteiger partial charge >= 0.3 is 12.1 Å². The van der Waals surface area contributed by atoms with Crippen LogP contribution in [0.15, 0.2) is 48.5 Å². The van der Waals surface area contributed by atoms with E-state index in [-0.39, 0.29) is 30.3 Å². The van der Waals surface area contributed by atoms with Gasteiger partial charge < -0.3 is 20.5 Å². The van der Waals surface area contributed by atoms with Gasteiger partial charge in [-0.2, -0.15) is 0 Å². The van der Waals surface area contributed by atoms with Crippen molar-refractivity contribution >= 4 is 18.0 Å². The van der Waals surface area contributed by atoms with Crippen molar-refractivity contribution in [3.63, 3.8) is 0 Å². The number of hydrogen-bond acceptors (Lipinski definition) is 4. The largest absolute Gasteiger partial charge is 0.480 e. The standard InChI is InChI=1S/C28H32N2O5/c31-25(30-28(26(32)33)13-7-1-2-8-14-28)23-15-18(23)16-29-27(34)35-17-24-21-11-5-3-9-19(21)20-10-4-6-12-22(20)24/h3-6,9-12,18,23-24H,1-2,7-8,13-17H2,(H,29,34)(H,30,31)(H,32,33)/t18-,23-/m1/s1. The summed E-state index contributed by atoms with van der Waals surface area (Å²) in [5.74, 6) is -1.41. The molecule has 0 heterocycles. The Labute approximate surface area is 205 Å². The molecule has 7 nitrogen and oxygen atoms in total. The highest BCUT2D eigenvalue weighted by atomic mass is 16.5. The number of alkyl carbamates (subject to hydrolysis) is 1. The van der Waals surface area contributed by atoms with E-state index in [2.05, 4.69) is 34.9 Å². The number of carbonyl (C=O) groups is 3. The molecule has 0 radical (unpaired) electrons. The van der Waals surface area contributed by atoms with Crippen molar-refractivity contribution in [2.75, 3.05) is 13.2 Å². The maximum absolute atomic E-state index is 12.8. The summed E-state index contributed by atoms with van der Waals surface area (Å²) in [7, 11) is 0. The molecule has 7 heteroatoms. The Bertz CT molecular complexity index is 1080. The molecule has 35 heavy (non-hydrogen) atoms. The van der Waals surface area contributed by atoms with E-state index in [9.17, 15) is 19.5 Å². The van der Waals surface area contributed by atoms with Crippen LogP contribution in [0.2, 0.25) is 0 Å². The minimum Gasteiger partial charge on any atom is -0.480 e. The van der Waals surface area contributed by atoms with Crippen LogP contribution in [0.3, 0.4) is 0 Å². The molecular weight excluding hydrogens is 444 g/mol. The number of carbonyl (C=O) groups excluding carboxylic acids is 2. The van der Waals surface area contributed by atoms with Crippen LogP contribution in [-0.2, 0) is 14.3 Å². The molecule has 2 fully saturated rings. The van der Waals surface area contributed by atoms with E-state index in [4.69, 9.17) is 4.74 Å². The molecule has 3 aliphatic rings. The molecular formula is C28H32N2O5. The smallest absolute Gasteiger partial charge is 0.407 e. The van der Waals surface area contributed by atoms with Gasteiger partial charge in [0.05, 0.1) is 0 Å². The SMILES string of the molecule is O=C(NC[C@H]1C[C@H]1C(=O)NC1(C(=O)O)CCCCCC1)OCC1c2ccccc2-c2ccccc21. The summed E-state index contributed by atoms with van der Waals surface area (Å²) < 4.78 is 5.57. The van der Waals surface area contributed by atoms with Crippen molar-refractivity contribution < 1.29 is 24.2 Å². The van der Waals surface area contributed by atoms with Crippen LogP contribution in [0.25, 0.3) is 11.1 Å². The zero-order chi connectivity index (χ0) is 24.4. The Balaban J connectivity index is 1.11. The van der Waals surface area contributed by atoms with E-state index in [1.54, 1.807) is 0 Å². The summed E-state index contributed by atoms with van der Waals surface area (Å²) in [6, 6.07) is 16.4. The number of rotatable bonds is 7. The molecule has 0 aliphatic heterocycles. The van der Waals surface area contributed by atoms with Crippen molar-refractivity contribution in [3.8, 4) is 11.1 Å². The van der Waals surface area contributed by atoms with E-state index in [0.29, 0.717) is 25.8 Å². The average Bonchev–Trinajstić information content (AvgIpc) is 3.62. The highest BCUT2D eigenvalue weighted by Crippen LogP contribution is 2.44. The second-order valence-electron chi connectivity index (χ2n) is 10.1. The van der Waals surface area contributed by atoms with Gasteiger partial charge in [-0.3, -0.25) is 4.79 Å². The number of ether oxygens (including phenoxy) is 1. The minimum absolute atomic E-state index is 0.000570. The predicted molar refractivity (Wildman–Crippen MR) is 131 cm³/mol. The van der Waals surface area contributed by atoms with Crippen molar-refractivity contribution in [2.45, 2.75) is 56.4 Å². The Morgan fingerprint density at radius 1 is 0.914 bits per heavy atom. The van der Waals surface area contributed by atoms with Gasteiger partial charge in [0.15, 0.2) is 0 Å². The summed E-state index contributed by atoms with van der Waals surface area (Å²) in [4.78, 5) is 37.1. The quantitative estimate of drug-likeness (QED) is 0.512. The zero-order valence-electron chi connectivity index (χ0n) is 19.8. The normalized spacial score (nSPS) is 22.3. The summed E-state index contributed by atoms with van der Waals surface area (Å²) in [5.41, 5.74) is 3.52. The lowest BCUT2D eigenvalue weighted by Gasteiger charge is -2.29. The Hall–Kier alpha value is -3.35. The number of hydrogen-bond donors (Lipinski definition) is 3. The van der Waals surface area contributed by atoms with Crippen LogP contribution in [-0.4, -0.2) is 41.8 Å². The molecule has 0 saturated heterocycles. The van der Waals surface area contributed by atoms with Crippen molar-refractivity contribution in [3.05, 3.63) is 59.7 Å². The third kappa shape index (κ3) is 4.77. The lowest BCUT2D eigenvalue weighted by molar-refractivity contribution is -0.148. The Morgan fingerprint density at radius 3 is 2.11 bits per heavy atom. The van der Waals surface area contributed by atoms with Crippen LogP contribution in [0, 0.1) is 11.8 Å². The van der Waals surface area contributed by atoms with Gasteiger partial charge in [-0.05, 0) is 47.4 Å². The lowest BCUT2D eigenvalue weighted by atomic mass is 9.90. The third-order valence-electron chi connectivity index (χ3n) is 7.84. The first-order valence-corrected chi connectivity index (χ1v) is 12.6. The van der Waals surface area contributed by atoms with Crippen LogP contribution < -0.4 is 10.6 Å². The molecule has 0 unspecified atom stereocenters. The Morgan fingerprint density at radius 2 is 1.51 bits per heavy atom. The molecule has 5 rings (SSSR count). The molecule has 0 aromatic heterocycles. The third-order valence-corrected chi connectivity index (χ3v) is 7.84. The van der Waals surface area contributed by atoms with Crippen molar-refractivity contribution in [1.29, 1.82) is 0 Å². The maximum Gasteiger partial charge on any atom is 0.407 e. The number of carboxylic acid groups (broad SMARTS) is 1. The summed E-state index contributed by atoms with van der Waals surface area (Å²) in [6.45, 7) is 0.588. The first-order chi connectivity index (χ1) is 17.0. The van der Waals surface area contributed by atoms with E-state index in [1.807, 2.05) is 24.3 Å². The molecule has 2 amide bonds. The average molecular weight is 477 g/mol. The summed E-state index contributed by atoms with van der Waals surface area (Å²) in [6.07, 6.45) is 4.72. The van der Waals surface area contributed by atoms with Gasteiger partial charge in [0.25, 0.3) is 0 Å². The minimum atomic E-state index is -1.15. The first-order valence-electron chi connectivity index (χ1n) is 12.6. The number of aliphatic carboxylic acids is 1. The second-order valence-corrected chi connectivity index (χ2v) is 10.1. The fourth-order valence-electron chi connectivity index (χ4n) is 5.71. The lowest BCUT2D eigenvalue weighted by Crippen LogP contribution is -2.54. The highest BCUT2D eigenvalue weighted by molar-refractivity contribution is 5.89. The van der Waals surface area contributed by atoms with E-state index in [1.165, 1.54) is 11.1 Å². The number of fused-ring (bicyclic) bond motifs is 3. The number of benzene rings is 2. The Kier molecular flexibility index (Phi) is 6.50. The second kappa shape index (κ2) is 9.72. The zero-order valence-corrected chi connectivity index (χ0v) is 19.8. The molecule has 184 valence electrons. The van der Waals surface area contributed by atoms with Crippen molar-refractivity contribution in [2.24, 2.45) is 11.8 Å². The van der Waals surface area contributed by atoms with Gasteiger partial charge in [0.1, 0.15) is 12.1 Å². The fourth-order valence-corrected chi connectivity index (χ4v) is 5.71. The number of nitrogens with one attached hydrogen (secondary N) is 2. The van der Waals surface area contributed by atoms with Gasteiger partial charge in [-0.1, -0.05) is 74.2 Å². The molecule has 2 saturated carbocycles. The van der Waals surface area contributed by atoms with E-state index >= 15 is 0 Å². The highest BCUT2D eigenvalue weighted by Gasteiger charge is 2.48. The summed E-state index contributed by atoms with van der Waals surface area (Å²) >= 11 is 0. The van der Waals surface area contributed by atoms with Crippen LogP contribution >= 0.6 is 0 Å². The monoisotopic (exact) mass is 476 g/mol. The summed E-state index contributed by atoms with van der Waals surface area (Å²) in [5, 5.41) is 15.4. The van der Waals surface area contributed by atoms with Gasteiger partial charge in [-0.25, -0.2) is 9.59 Å². The van der Waals surface area contributed by atoms with Gasteiger partial charge in [0, 0.05) is 18.4 Å². The van der Waals surface area contributed by atoms with Gasteiger partial charge in [-0.15, -0.1) is 0 Å². The van der Waals surface area contributed by atoms with Crippen LogP contribution in [0.4, 0.5) is 4.79 Å². The molecule has 0 spiro atoms. The first kappa shape index (κ1) is 23.4. The molecule has 3 aliphatic carbocycles. The molecule has 0 bridgehead atoms. The van der Waals surface area contributed by atoms with E-state index < -0.39 is 17.6 Å². The predicted octanol–water partition coefficient (Wildman–Crippen LogP) is 4.46. The fraction of sp³-hybridized carbons (Fsp3) is 0.464. The molecule has 2 aromatic rings. The number of amides is 2. The topological polar surface area (TPSA) is 105 Å². The maximum atomic E-state index is 12.8. The van der Waals surface area contributed by atoms with Crippen molar-refractivity contribution in [1.82, 2.24) is 10.6 Å². The van der Waals surface area contributed by atoms with Crippen LogP contribution in [0.1, 0.15) is 62.0 Å². The molecule has 2 atom stereocenters. The molecule has 3 N–H and O–H groups in total.